The maximum atomic E-state index is 13.0. The van der Waals surface area contributed by atoms with Crippen LogP contribution in [0.25, 0.3) is 0 Å². The van der Waals surface area contributed by atoms with Gasteiger partial charge in [-0.05, 0) is 43.9 Å². The summed E-state index contributed by atoms with van der Waals surface area (Å²) in [7, 11) is 1.15. The molecule has 164 valence electrons. The van der Waals surface area contributed by atoms with Gasteiger partial charge in [0, 0.05) is 6.54 Å². The summed E-state index contributed by atoms with van der Waals surface area (Å²) in [5, 5.41) is 2.95. The van der Waals surface area contributed by atoms with Crippen molar-refractivity contribution in [2.24, 2.45) is 0 Å². The number of amides is 1. The van der Waals surface area contributed by atoms with Crippen LogP contribution in [0.1, 0.15) is 51.1 Å². The third-order valence-electron chi connectivity index (χ3n) is 5.12. The highest BCUT2D eigenvalue weighted by molar-refractivity contribution is 7.89. The zero-order valence-corrected chi connectivity index (χ0v) is 18.7. The molecule has 2 rings (SSSR count). The predicted octanol–water partition coefficient (Wildman–Crippen LogP) is 2.48. The zero-order valence-electron chi connectivity index (χ0n) is 17.9. The van der Waals surface area contributed by atoms with Crippen LogP contribution >= 0.6 is 0 Å². The third-order valence-corrected chi connectivity index (χ3v) is 7.20. The SMILES string of the molecule is CCCS(=O)(=O)N1CCCCC1C(=O)NC(C)c1cc(OC)c(OC)c(OC)c1. The number of hydrogen-bond donors (Lipinski definition) is 1. The molecule has 0 spiro atoms. The van der Waals surface area contributed by atoms with E-state index in [1.165, 1.54) is 25.6 Å². The Morgan fingerprint density at radius 2 is 1.79 bits per heavy atom. The fraction of sp³-hybridized carbons (Fsp3) is 0.650. The first kappa shape index (κ1) is 23.3. The Labute approximate surface area is 173 Å². The van der Waals surface area contributed by atoms with Crippen LogP contribution in [0.4, 0.5) is 0 Å². The van der Waals surface area contributed by atoms with Crippen molar-refractivity contribution in [3.05, 3.63) is 17.7 Å². The number of hydrogen-bond acceptors (Lipinski definition) is 6. The van der Waals surface area contributed by atoms with E-state index in [-0.39, 0.29) is 17.7 Å². The summed E-state index contributed by atoms with van der Waals surface area (Å²) in [5.74, 6) is 1.23. The molecular formula is C20H32N2O6S. The van der Waals surface area contributed by atoms with Gasteiger partial charge in [0.15, 0.2) is 11.5 Å². The molecule has 1 fully saturated rings. The van der Waals surface area contributed by atoms with Crippen LogP contribution in [0.15, 0.2) is 12.1 Å². The molecule has 9 heteroatoms. The monoisotopic (exact) mass is 428 g/mol. The summed E-state index contributed by atoms with van der Waals surface area (Å²) >= 11 is 0. The molecule has 1 saturated heterocycles. The van der Waals surface area contributed by atoms with E-state index in [0.29, 0.717) is 36.6 Å². The number of carbonyl (C=O) groups excluding carboxylic acids is 1. The van der Waals surface area contributed by atoms with Crippen molar-refractivity contribution in [2.75, 3.05) is 33.6 Å². The number of benzene rings is 1. The topological polar surface area (TPSA) is 94.2 Å². The molecule has 2 atom stereocenters. The highest BCUT2D eigenvalue weighted by atomic mass is 32.2. The summed E-state index contributed by atoms with van der Waals surface area (Å²) in [6.45, 7) is 4.05. The molecule has 2 unspecified atom stereocenters. The second kappa shape index (κ2) is 10.2. The van der Waals surface area contributed by atoms with Gasteiger partial charge in [0.25, 0.3) is 0 Å². The summed E-state index contributed by atoms with van der Waals surface area (Å²) < 4.78 is 42.6. The minimum Gasteiger partial charge on any atom is -0.493 e. The highest BCUT2D eigenvalue weighted by Gasteiger charge is 2.36. The van der Waals surface area contributed by atoms with Crippen molar-refractivity contribution in [3.8, 4) is 17.2 Å². The van der Waals surface area contributed by atoms with Gasteiger partial charge in [-0.25, -0.2) is 8.42 Å². The summed E-state index contributed by atoms with van der Waals surface area (Å²) in [6, 6.07) is 2.51. The standard InChI is InChI=1S/C20H32N2O6S/c1-6-11-29(24,25)22-10-8-7-9-16(22)20(23)21-14(2)15-12-17(26-3)19(28-5)18(13-15)27-4/h12-14,16H,6-11H2,1-5H3,(H,21,23). The normalized spacial score (nSPS) is 18.7. The van der Waals surface area contributed by atoms with Gasteiger partial charge in [-0.1, -0.05) is 13.3 Å². The van der Waals surface area contributed by atoms with Crippen LogP contribution < -0.4 is 19.5 Å². The van der Waals surface area contributed by atoms with Crippen molar-refractivity contribution in [1.82, 2.24) is 9.62 Å². The van der Waals surface area contributed by atoms with Gasteiger partial charge in [-0.15, -0.1) is 0 Å². The lowest BCUT2D eigenvalue weighted by atomic mass is 10.0. The van der Waals surface area contributed by atoms with E-state index in [1.54, 1.807) is 12.1 Å². The Kier molecular flexibility index (Phi) is 8.15. The lowest BCUT2D eigenvalue weighted by molar-refractivity contribution is -0.126. The Bertz CT molecular complexity index is 786. The van der Waals surface area contributed by atoms with Crippen molar-refractivity contribution in [3.63, 3.8) is 0 Å². The Morgan fingerprint density at radius 1 is 1.17 bits per heavy atom. The number of ether oxygens (including phenoxy) is 3. The molecule has 8 nitrogen and oxygen atoms in total. The van der Waals surface area contributed by atoms with Crippen LogP contribution in [-0.2, 0) is 14.8 Å². The second-order valence-corrected chi connectivity index (χ2v) is 9.17. The molecule has 0 aliphatic carbocycles. The van der Waals surface area contributed by atoms with E-state index < -0.39 is 16.1 Å². The van der Waals surface area contributed by atoms with Crippen LogP contribution in [0.2, 0.25) is 0 Å². The molecule has 1 N–H and O–H groups in total. The molecule has 29 heavy (non-hydrogen) atoms. The first-order valence-electron chi connectivity index (χ1n) is 9.88. The summed E-state index contributed by atoms with van der Waals surface area (Å²) in [6.07, 6.45) is 2.65. The van der Waals surface area contributed by atoms with Gasteiger partial charge in [0.1, 0.15) is 6.04 Å². The van der Waals surface area contributed by atoms with Gasteiger partial charge in [-0.3, -0.25) is 4.79 Å². The molecule has 0 aromatic heterocycles. The number of sulfonamides is 1. The molecule has 0 radical (unpaired) electrons. The number of nitrogens with one attached hydrogen (secondary N) is 1. The molecule has 0 bridgehead atoms. The number of piperidine rings is 1. The second-order valence-electron chi connectivity index (χ2n) is 7.13. The molecule has 0 saturated carbocycles. The third kappa shape index (κ3) is 5.33. The van der Waals surface area contributed by atoms with E-state index in [2.05, 4.69) is 5.32 Å². The quantitative estimate of drug-likeness (QED) is 0.649. The number of rotatable bonds is 9. The van der Waals surface area contributed by atoms with E-state index in [1.807, 2.05) is 13.8 Å². The minimum absolute atomic E-state index is 0.0548. The molecule has 1 aliphatic rings. The Balaban J connectivity index is 2.23. The average Bonchev–Trinajstić information content (AvgIpc) is 2.72. The van der Waals surface area contributed by atoms with Gasteiger partial charge >= 0.3 is 0 Å². The lowest BCUT2D eigenvalue weighted by Gasteiger charge is -2.34. The summed E-state index contributed by atoms with van der Waals surface area (Å²) in [4.78, 5) is 13.0. The zero-order chi connectivity index (χ0) is 21.6. The highest BCUT2D eigenvalue weighted by Crippen LogP contribution is 2.39. The molecule has 1 aromatic rings. The van der Waals surface area contributed by atoms with Crippen LogP contribution in [-0.4, -0.2) is 58.3 Å². The molecule has 1 heterocycles. The largest absolute Gasteiger partial charge is 0.493 e. The van der Waals surface area contributed by atoms with Gasteiger partial charge in [0.05, 0.1) is 33.1 Å². The van der Waals surface area contributed by atoms with E-state index >= 15 is 0 Å². The van der Waals surface area contributed by atoms with Crippen molar-refractivity contribution in [2.45, 2.75) is 51.6 Å². The van der Waals surface area contributed by atoms with Crippen LogP contribution in [0.5, 0.6) is 17.2 Å². The van der Waals surface area contributed by atoms with E-state index in [9.17, 15) is 13.2 Å². The van der Waals surface area contributed by atoms with Gasteiger partial charge in [-0.2, -0.15) is 4.31 Å². The first-order chi connectivity index (χ1) is 13.8. The van der Waals surface area contributed by atoms with Crippen molar-refractivity contribution >= 4 is 15.9 Å². The molecular weight excluding hydrogens is 396 g/mol. The van der Waals surface area contributed by atoms with E-state index in [0.717, 1.165) is 18.4 Å². The van der Waals surface area contributed by atoms with Gasteiger partial charge in [0.2, 0.25) is 21.7 Å². The smallest absolute Gasteiger partial charge is 0.238 e. The predicted molar refractivity (Wildman–Crippen MR) is 111 cm³/mol. The maximum absolute atomic E-state index is 13.0. The van der Waals surface area contributed by atoms with Crippen molar-refractivity contribution in [1.29, 1.82) is 0 Å². The Morgan fingerprint density at radius 3 is 2.31 bits per heavy atom. The molecule has 1 amide bonds. The van der Waals surface area contributed by atoms with Gasteiger partial charge < -0.3 is 19.5 Å². The molecule has 1 aliphatic heterocycles. The van der Waals surface area contributed by atoms with Crippen LogP contribution in [0, 0.1) is 0 Å². The van der Waals surface area contributed by atoms with E-state index in [4.69, 9.17) is 14.2 Å². The fourth-order valence-electron chi connectivity index (χ4n) is 3.62. The fourth-order valence-corrected chi connectivity index (χ4v) is 5.37. The summed E-state index contributed by atoms with van der Waals surface area (Å²) in [5.41, 5.74) is 0.770. The maximum Gasteiger partial charge on any atom is 0.238 e. The Hall–Kier alpha value is -2.00. The number of methoxy groups -OCH3 is 3. The van der Waals surface area contributed by atoms with Crippen LogP contribution in [0.3, 0.4) is 0 Å². The lowest BCUT2D eigenvalue weighted by Crippen LogP contribution is -2.52. The van der Waals surface area contributed by atoms with Crippen molar-refractivity contribution < 1.29 is 27.4 Å². The minimum atomic E-state index is -3.44. The first-order valence-corrected chi connectivity index (χ1v) is 11.5. The average molecular weight is 429 g/mol. The number of nitrogens with zero attached hydrogens (tertiary/aromatic N) is 1. The molecule has 1 aromatic carbocycles. The number of carbonyl (C=O) groups is 1.